The van der Waals surface area contributed by atoms with E-state index >= 15 is 0 Å². The van der Waals surface area contributed by atoms with E-state index < -0.39 is 27.9 Å². The summed E-state index contributed by atoms with van der Waals surface area (Å²) in [5.74, 6) is -1.56. The van der Waals surface area contributed by atoms with Gasteiger partial charge in [-0.15, -0.1) is 10.2 Å². The molecular formula is C17H18N6O6S. The maximum Gasteiger partial charge on any atom is 0.360 e. The van der Waals surface area contributed by atoms with E-state index in [1.807, 2.05) is 6.92 Å². The second kappa shape index (κ2) is 8.41. The summed E-state index contributed by atoms with van der Waals surface area (Å²) in [5.41, 5.74) is 0.743. The summed E-state index contributed by atoms with van der Waals surface area (Å²) in [6.07, 6.45) is 0.866. The third-order valence-electron chi connectivity index (χ3n) is 4.00. The van der Waals surface area contributed by atoms with E-state index in [1.54, 1.807) is 19.1 Å². The fourth-order valence-corrected chi connectivity index (χ4v) is 3.62. The van der Waals surface area contributed by atoms with Gasteiger partial charge in [0.25, 0.3) is 0 Å². The van der Waals surface area contributed by atoms with Crippen LogP contribution in [0.4, 0.5) is 0 Å². The molecule has 0 aliphatic rings. The Balaban J connectivity index is 2.01. The van der Waals surface area contributed by atoms with E-state index in [2.05, 4.69) is 25.4 Å². The van der Waals surface area contributed by atoms with Gasteiger partial charge in [0.05, 0.1) is 31.0 Å². The van der Waals surface area contributed by atoms with Crippen LogP contribution in [0, 0.1) is 6.92 Å². The highest BCUT2D eigenvalue weighted by atomic mass is 32.2. The number of aryl methyl sites for hydroxylation is 1. The average Bonchev–Trinajstić information content (AvgIpc) is 3.39. The molecule has 0 saturated heterocycles. The van der Waals surface area contributed by atoms with Crippen molar-refractivity contribution in [2.24, 2.45) is 0 Å². The van der Waals surface area contributed by atoms with Gasteiger partial charge in [-0.2, -0.15) is 0 Å². The summed E-state index contributed by atoms with van der Waals surface area (Å²) in [5, 5.41) is 14.5. The molecule has 3 rings (SSSR count). The van der Waals surface area contributed by atoms with Crippen molar-refractivity contribution < 1.29 is 27.5 Å². The molecule has 0 saturated carbocycles. The normalized spacial score (nSPS) is 12.4. The molecule has 3 aromatic rings. The highest BCUT2D eigenvalue weighted by Crippen LogP contribution is 2.21. The maximum atomic E-state index is 12.8. The van der Waals surface area contributed by atoms with Crippen molar-refractivity contribution in [2.75, 3.05) is 13.7 Å². The Hall–Kier alpha value is -3.61. The van der Waals surface area contributed by atoms with E-state index in [0.29, 0.717) is 0 Å². The molecule has 1 aromatic carbocycles. The van der Waals surface area contributed by atoms with Crippen LogP contribution in [-0.2, 0) is 24.1 Å². The Kier molecular flexibility index (Phi) is 5.91. The van der Waals surface area contributed by atoms with Gasteiger partial charge < -0.3 is 9.47 Å². The van der Waals surface area contributed by atoms with Crippen LogP contribution in [-0.4, -0.2) is 64.1 Å². The van der Waals surface area contributed by atoms with Crippen LogP contribution in [0.5, 0.6) is 0 Å². The number of carbonyl (C=O) groups is 2. The Bertz CT molecular complexity index is 1170. The second-order valence-electron chi connectivity index (χ2n) is 6.05. The lowest BCUT2D eigenvalue weighted by molar-refractivity contribution is -0.149. The van der Waals surface area contributed by atoms with Crippen LogP contribution in [0.15, 0.2) is 46.6 Å². The number of rotatable bonds is 7. The van der Waals surface area contributed by atoms with Crippen molar-refractivity contribution in [1.29, 1.82) is 0 Å². The zero-order valence-corrected chi connectivity index (χ0v) is 17.1. The van der Waals surface area contributed by atoms with Crippen LogP contribution < -0.4 is 0 Å². The van der Waals surface area contributed by atoms with Crippen molar-refractivity contribution in [2.45, 2.75) is 29.9 Å². The molecule has 0 aliphatic heterocycles. The molecule has 0 bridgehead atoms. The van der Waals surface area contributed by atoms with E-state index in [-0.39, 0.29) is 22.2 Å². The number of esters is 2. The number of sulfone groups is 1. The summed E-state index contributed by atoms with van der Waals surface area (Å²) >= 11 is 0. The number of hydrogen-bond donors (Lipinski definition) is 0. The van der Waals surface area contributed by atoms with Gasteiger partial charge in [-0.3, -0.25) is 0 Å². The molecule has 12 nitrogen and oxygen atoms in total. The van der Waals surface area contributed by atoms with Gasteiger partial charge in [0.15, 0.2) is 5.69 Å². The number of ether oxygens (including phenoxy) is 2. The van der Waals surface area contributed by atoms with E-state index in [1.165, 1.54) is 19.2 Å². The zero-order valence-electron chi connectivity index (χ0n) is 16.3. The summed E-state index contributed by atoms with van der Waals surface area (Å²) in [6, 6.07) is 6.21. The van der Waals surface area contributed by atoms with Gasteiger partial charge in [0.2, 0.25) is 21.0 Å². The lowest BCUT2D eigenvalue weighted by Gasteiger charge is -2.14. The second-order valence-corrected chi connectivity index (χ2v) is 7.95. The van der Waals surface area contributed by atoms with Gasteiger partial charge in [-0.05, 0) is 26.0 Å². The average molecular weight is 434 g/mol. The Morgan fingerprint density at radius 3 is 2.33 bits per heavy atom. The SMILES string of the molecule is CCOC(=O)C(n1cc(C(=O)OC)nn1)n1cc(S(=O)(=O)c2ccc(C)cc2)nn1. The van der Waals surface area contributed by atoms with Crippen molar-refractivity contribution in [3.63, 3.8) is 0 Å². The first-order valence-electron chi connectivity index (χ1n) is 8.68. The van der Waals surface area contributed by atoms with Crippen LogP contribution in [0.1, 0.15) is 29.1 Å². The number of benzene rings is 1. The molecule has 0 amide bonds. The molecule has 0 fully saturated rings. The number of methoxy groups -OCH3 is 1. The molecule has 0 aliphatic carbocycles. The summed E-state index contributed by atoms with van der Waals surface area (Å²) in [4.78, 5) is 24.2. The van der Waals surface area contributed by atoms with Crippen LogP contribution in [0.2, 0.25) is 0 Å². The fraction of sp³-hybridized carbons (Fsp3) is 0.294. The smallest absolute Gasteiger partial charge is 0.360 e. The third-order valence-corrected chi connectivity index (χ3v) is 5.63. The molecule has 2 heterocycles. The summed E-state index contributed by atoms with van der Waals surface area (Å²) < 4.78 is 37.2. The number of aromatic nitrogens is 6. The zero-order chi connectivity index (χ0) is 21.9. The largest absolute Gasteiger partial charge is 0.464 e. The Morgan fingerprint density at radius 1 is 1.07 bits per heavy atom. The molecule has 0 radical (unpaired) electrons. The van der Waals surface area contributed by atoms with Crippen LogP contribution in [0.3, 0.4) is 0 Å². The minimum atomic E-state index is -3.97. The monoisotopic (exact) mass is 434 g/mol. The molecule has 0 N–H and O–H groups in total. The highest BCUT2D eigenvalue weighted by Gasteiger charge is 2.30. The minimum absolute atomic E-state index is 0.0292. The highest BCUT2D eigenvalue weighted by molar-refractivity contribution is 7.91. The molecule has 1 unspecified atom stereocenters. The third kappa shape index (κ3) is 4.05. The minimum Gasteiger partial charge on any atom is -0.464 e. The standard InChI is InChI=1S/C17H18N6O6S/c1-4-29-17(25)15(22-9-13(18-20-22)16(24)28-3)23-10-14(19-21-23)30(26,27)12-7-5-11(2)6-8-12/h5-10,15H,4H2,1-3H3. The molecule has 30 heavy (non-hydrogen) atoms. The quantitative estimate of drug-likeness (QED) is 0.479. The molecular weight excluding hydrogens is 416 g/mol. The van der Waals surface area contributed by atoms with E-state index in [0.717, 1.165) is 27.3 Å². The fourth-order valence-electron chi connectivity index (χ4n) is 2.49. The Labute approximate surface area is 171 Å². The van der Waals surface area contributed by atoms with Crippen molar-refractivity contribution in [1.82, 2.24) is 30.0 Å². The van der Waals surface area contributed by atoms with E-state index in [4.69, 9.17) is 4.74 Å². The van der Waals surface area contributed by atoms with Gasteiger partial charge in [0.1, 0.15) is 0 Å². The maximum absolute atomic E-state index is 12.8. The summed E-state index contributed by atoms with van der Waals surface area (Å²) in [6.45, 7) is 3.49. The lowest BCUT2D eigenvalue weighted by Crippen LogP contribution is -2.29. The predicted molar refractivity (Wildman–Crippen MR) is 99.1 cm³/mol. The van der Waals surface area contributed by atoms with Crippen LogP contribution in [0.25, 0.3) is 0 Å². The van der Waals surface area contributed by atoms with Gasteiger partial charge >= 0.3 is 11.9 Å². The molecule has 2 aromatic heterocycles. The van der Waals surface area contributed by atoms with Gasteiger partial charge in [-0.25, -0.2) is 27.4 Å². The van der Waals surface area contributed by atoms with Gasteiger partial charge in [-0.1, -0.05) is 28.1 Å². The number of hydrogen-bond acceptors (Lipinski definition) is 10. The summed E-state index contributed by atoms with van der Waals surface area (Å²) in [7, 11) is -2.80. The van der Waals surface area contributed by atoms with Gasteiger partial charge in [0, 0.05) is 0 Å². The molecule has 1 atom stereocenters. The number of carbonyl (C=O) groups excluding carboxylic acids is 2. The van der Waals surface area contributed by atoms with Crippen molar-refractivity contribution >= 4 is 21.8 Å². The molecule has 13 heteroatoms. The lowest BCUT2D eigenvalue weighted by atomic mass is 10.2. The van der Waals surface area contributed by atoms with Crippen molar-refractivity contribution in [3.8, 4) is 0 Å². The van der Waals surface area contributed by atoms with Crippen molar-refractivity contribution in [3.05, 3.63) is 47.9 Å². The predicted octanol–water partition coefficient (Wildman–Crippen LogP) is 0.407. The molecule has 158 valence electrons. The first-order chi connectivity index (χ1) is 14.3. The topological polar surface area (TPSA) is 148 Å². The molecule has 0 spiro atoms. The van der Waals surface area contributed by atoms with Crippen LogP contribution >= 0.6 is 0 Å². The first kappa shape index (κ1) is 21.1. The van der Waals surface area contributed by atoms with E-state index in [9.17, 15) is 18.0 Å². The number of nitrogens with zero attached hydrogens (tertiary/aromatic N) is 6. The first-order valence-corrected chi connectivity index (χ1v) is 10.2. The Morgan fingerprint density at radius 2 is 1.70 bits per heavy atom.